The van der Waals surface area contributed by atoms with Crippen LogP contribution in [0.4, 0.5) is 11.5 Å². The van der Waals surface area contributed by atoms with Crippen molar-refractivity contribution in [1.82, 2.24) is 4.98 Å². The molecule has 3 aliphatic rings. The Labute approximate surface area is 184 Å². The minimum atomic E-state index is -1.02. The lowest BCUT2D eigenvalue weighted by Crippen LogP contribution is -2.48. The van der Waals surface area contributed by atoms with Gasteiger partial charge in [0, 0.05) is 36.4 Å². The Bertz CT molecular complexity index is 1010. The topological polar surface area (TPSA) is 65.5 Å². The fourth-order valence-corrected chi connectivity index (χ4v) is 6.03. The second kappa shape index (κ2) is 7.98. The summed E-state index contributed by atoms with van der Waals surface area (Å²) in [5.41, 5.74) is 4.11. The highest BCUT2D eigenvalue weighted by Gasteiger charge is 2.38. The van der Waals surface area contributed by atoms with Gasteiger partial charge in [-0.25, -0.2) is 4.98 Å². The van der Waals surface area contributed by atoms with Crippen molar-refractivity contribution in [2.24, 2.45) is 0 Å². The van der Waals surface area contributed by atoms with Gasteiger partial charge < -0.3 is 15.3 Å². The van der Waals surface area contributed by atoms with E-state index in [1.54, 1.807) is 0 Å². The van der Waals surface area contributed by atoms with E-state index < -0.39 is 10.8 Å². The molecular formula is C23H26ClN3O2S. The quantitative estimate of drug-likeness (QED) is 0.730. The number of pyridine rings is 1. The number of hydrogen-bond donors (Lipinski definition) is 2. The summed E-state index contributed by atoms with van der Waals surface area (Å²) >= 11 is 6.02. The fourth-order valence-electron chi connectivity index (χ4n) is 4.56. The molecule has 7 heteroatoms. The molecular weight excluding hydrogens is 418 g/mol. The van der Waals surface area contributed by atoms with Gasteiger partial charge in [0.1, 0.15) is 5.82 Å². The Hall–Kier alpha value is -1.89. The van der Waals surface area contributed by atoms with Gasteiger partial charge in [0.25, 0.3) is 0 Å². The van der Waals surface area contributed by atoms with E-state index in [1.807, 2.05) is 18.2 Å². The number of aryl methyl sites for hydroxylation is 1. The third-order valence-corrected chi connectivity index (χ3v) is 8.28. The molecule has 1 atom stereocenters. The summed E-state index contributed by atoms with van der Waals surface area (Å²) in [7, 11) is -1.02. The van der Waals surface area contributed by atoms with E-state index in [1.165, 1.54) is 11.1 Å². The second-order valence-corrected chi connectivity index (χ2v) is 10.4. The number of aliphatic hydroxyl groups excluding tert-OH is 1. The van der Waals surface area contributed by atoms with Crippen LogP contribution < -0.4 is 10.2 Å². The number of rotatable bonds is 5. The number of aliphatic hydroxyl groups is 1. The average molecular weight is 444 g/mol. The summed E-state index contributed by atoms with van der Waals surface area (Å²) in [6, 6.07) is 10.0. The largest absolute Gasteiger partial charge is 0.394 e. The number of hydrogen-bond acceptors (Lipinski definition) is 5. The Morgan fingerprint density at radius 2 is 2.03 bits per heavy atom. The van der Waals surface area contributed by atoms with E-state index in [4.69, 9.17) is 16.6 Å². The maximum atomic E-state index is 12.6. The van der Waals surface area contributed by atoms with Crippen LogP contribution in [0.1, 0.15) is 36.9 Å². The Morgan fingerprint density at radius 1 is 1.23 bits per heavy atom. The van der Waals surface area contributed by atoms with E-state index in [0.29, 0.717) is 5.75 Å². The van der Waals surface area contributed by atoms with Gasteiger partial charge in [-0.3, -0.25) is 4.21 Å². The SMILES string of the molecule is O=S1CCc2nc(N3CC=C(c4ccc(Cl)cc4)CC3)cc(NC3(CO)CCC3)c21. The van der Waals surface area contributed by atoms with Crippen molar-refractivity contribution in [3.63, 3.8) is 0 Å². The summed E-state index contributed by atoms with van der Waals surface area (Å²) in [5.74, 6) is 1.56. The Morgan fingerprint density at radius 3 is 2.67 bits per heavy atom. The van der Waals surface area contributed by atoms with Gasteiger partial charge in [-0.05, 0) is 49.0 Å². The van der Waals surface area contributed by atoms with Gasteiger partial charge >= 0.3 is 0 Å². The summed E-state index contributed by atoms with van der Waals surface area (Å²) in [5, 5.41) is 14.2. The molecule has 1 aromatic heterocycles. The molecule has 5 nitrogen and oxygen atoms in total. The van der Waals surface area contributed by atoms with Crippen LogP contribution in [0, 0.1) is 0 Å². The van der Waals surface area contributed by atoms with Crippen molar-refractivity contribution in [1.29, 1.82) is 0 Å². The standard InChI is InChI=1S/C23H26ClN3O2S/c24-18-4-2-16(3-5-18)17-6-11-27(12-7-17)21-14-20(26-23(15-28)9-1-10-23)22-19(25-21)8-13-30(22)29/h2-6,14,28H,1,7-13,15H2,(H,25,26). The van der Waals surface area contributed by atoms with Crippen molar-refractivity contribution in [2.75, 3.05) is 35.7 Å². The van der Waals surface area contributed by atoms with Crippen molar-refractivity contribution in [3.8, 4) is 0 Å². The minimum absolute atomic E-state index is 0.100. The lowest BCUT2D eigenvalue weighted by Gasteiger charge is -2.42. The molecule has 158 valence electrons. The predicted molar refractivity (Wildman–Crippen MR) is 123 cm³/mol. The van der Waals surface area contributed by atoms with Gasteiger partial charge in [-0.2, -0.15) is 0 Å². The molecule has 1 saturated carbocycles. The van der Waals surface area contributed by atoms with Crippen LogP contribution in [0.25, 0.3) is 5.57 Å². The van der Waals surface area contributed by atoms with Gasteiger partial charge in [0.05, 0.1) is 39.2 Å². The molecule has 2 aliphatic heterocycles. The summed E-state index contributed by atoms with van der Waals surface area (Å²) in [4.78, 5) is 8.00. The molecule has 0 saturated heterocycles. The van der Waals surface area contributed by atoms with Gasteiger partial charge in [-0.15, -0.1) is 0 Å². The van der Waals surface area contributed by atoms with Crippen molar-refractivity contribution in [2.45, 2.75) is 42.5 Å². The van der Waals surface area contributed by atoms with Gasteiger partial charge in [0.15, 0.2) is 0 Å². The molecule has 1 unspecified atom stereocenters. The highest BCUT2D eigenvalue weighted by Crippen LogP contribution is 2.40. The van der Waals surface area contributed by atoms with Gasteiger partial charge in [-0.1, -0.05) is 29.8 Å². The lowest BCUT2D eigenvalue weighted by molar-refractivity contribution is 0.144. The minimum Gasteiger partial charge on any atom is -0.394 e. The Kier molecular flexibility index (Phi) is 5.33. The second-order valence-electron chi connectivity index (χ2n) is 8.45. The first-order valence-corrected chi connectivity index (χ1v) is 12.3. The molecule has 0 bridgehead atoms. The number of nitrogens with one attached hydrogen (secondary N) is 1. The highest BCUT2D eigenvalue weighted by atomic mass is 35.5. The van der Waals surface area contributed by atoms with E-state index in [9.17, 15) is 9.32 Å². The molecule has 0 amide bonds. The van der Waals surface area contributed by atoms with Crippen LogP contribution in [-0.2, 0) is 17.2 Å². The van der Waals surface area contributed by atoms with E-state index >= 15 is 0 Å². The molecule has 5 rings (SSSR count). The van der Waals surface area contributed by atoms with Crippen molar-refractivity contribution in [3.05, 3.63) is 52.7 Å². The third-order valence-electron chi connectivity index (χ3n) is 6.54. The van der Waals surface area contributed by atoms with Gasteiger partial charge in [0.2, 0.25) is 0 Å². The molecule has 2 aromatic rings. The maximum absolute atomic E-state index is 12.6. The van der Waals surface area contributed by atoms with Crippen LogP contribution in [0.3, 0.4) is 0 Å². The highest BCUT2D eigenvalue weighted by molar-refractivity contribution is 7.85. The van der Waals surface area contributed by atoms with Crippen molar-refractivity contribution < 1.29 is 9.32 Å². The average Bonchev–Trinajstić information content (AvgIpc) is 3.12. The predicted octanol–water partition coefficient (Wildman–Crippen LogP) is 4.02. The number of benzene rings is 1. The normalized spacial score (nSPS) is 22.3. The molecule has 0 spiro atoms. The third kappa shape index (κ3) is 3.66. The maximum Gasteiger partial charge on any atom is 0.131 e. The molecule has 0 radical (unpaired) electrons. The zero-order chi connectivity index (χ0) is 20.7. The number of anilines is 2. The molecule has 1 fully saturated rings. The molecule has 3 heterocycles. The zero-order valence-electron chi connectivity index (χ0n) is 16.9. The number of nitrogens with zero attached hydrogens (tertiary/aromatic N) is 2. The zero-order valence-corrected chi connectivity index (χ0v) is 18.4. The van der Waals surface area contributed by atoms with Crippen LogP contribution in [0.2, 0.25) is 5.02 Å². The fraction of sp³-hybridized carbons (Fsp3) is 0.435. The number of fused-ring (bicyclic) bond motifs is 1. The van der Waals surface area contributed by atoms with E-state index in [-0.39, 0.29) is 12.1 Å². The molecule has 1 aliphatic carbocycles. The van der Waals surface area contributed by atoms with E-state index in [0.717, 1.165) is 72.3 Å². The van der Waals surface area contributed by atoms with Crippen LogP contribution in [0.5, 0.6) is 0 Å². The molecule has 1 aromatic carbocycles. The first-order chi connectivity index (χ1) is 14.6. The first kappa shape index (κ1) is 20.0. The first-order valence-electron chi connectivity index (χ1n) is 10.6. The van der Waals surface area contributed by atoms with Crippen LogP contribution in [0.15, 0.2) is 41.3 Å². The monoisotopic (exact) mass is 443 g/mol. The smallest absolute Gasteiger partial charge is 0.131 e. The summed E-state index contributed by atoms with van der Waals surface area (Å²) in [6.07, 6.45) is 6.94. The van der Waals surface area contributed by atoms with Crippen LogP contribution >= 0.6 is 11.6 Å². The molecule has 2 N–H and O–H groups in total. The molecule has 30 heavy (non-hydrogen) atoms. The number of halogens is 1. The van der Waals surface area contributed by atoms with Crippen molar-refractivity contribution >= 4 is 39.5 Å². The van der Waals surface area contributed by atoms with Crippen LogP contribution in [-0.4, -0.2) is 45.3 Å². The Balaban J connectivity index is 1.42. The lowest BCUT2D eigenvalue weighted by atomic mass is 9.77. The van der Waals surface area contributed by atoms with E-state index in [2.05, 4.69) is 28.4 Å². The summed E-state index contributed by atoms with van der Waals surface area (Å²) < 4.78 is 12.6. The number of aromatic nitrogens is 1. The summed E-state index contributed by atoms with van der Waals surface area (Å²) in [6.45, 7) is 1.77.